The number of benzene rings is 2. The average molecular weight is 440 g/mol. The Balaban J connectivity index is 1.64. The lowest BCUT2D eigenvalue weighted by Crippen LogP contribution is -2.36. The first kappa shape index (κ1) is 21.5. The summed E-state index contributed by atoms with van der Waals surface area (Å²) in [6.07, 6.45) is -1.27. The number of allylic oxidation sites excluding steroid dienone is 1. The SMILES string of the molecule is O=C(COC(=O)c1c2c(nc3ccccc13)C(=Cc1ccccc1)CC2)NCC(F)(F)F. The molecule has 0 atom stereocenters. The fourth-order valence-corrected chi connectivity index (χ4v) is 3.72. The van der Waals surface area contributed by atoms with E-state index in [4.69, 9.17) is 9.72 Å². The molecule has 0 bridgehead atoms. The number of carbonyl (C=O) groups excluding carboxylic acids is 2. The van der Waals surface area contributed by atoms with Crippen LogP contribution < -0.4 is 5.32 Å². The van der Waals surface area contributed by atoms with Gasteiger partial charge in [-0.25, -0.2) is 9.78 Å². The highest BCUT2D eigenvalue weighted by Crippen LogP contribution is 2.37. The van der Waals surface area contributed by atoms with Gasteiger partial charge in [-0.15, -0.1) is 0 Å². The molecule has 0 aliphatic heterocycles. The molecule has 1 heterocycles. The van der Waals surface area contributed by atoms with E-state index in [1.165, 1.54) is 0 Å². The third-order valence-corrected chi connectivity index (χ3v) is 5.11. The van der Waals surface area contributed by atoms with E-state index < -0.39 is 31.2 Å². The number of nitrogens with one attached hydrogen (secondary N) is 1. The molecule has 2 aromatic carbocycles. The molecule has 3 aromatic rings. The fourth-order valence-electron chi connectivity index (χ4n) is 3.72. The second-order valence-electron chi connectivity index (χ2n) is 7.38. The van der Waals surface area contributed by atoms with Crippen LogP contribution in [0.1, 0.15) is 33.6 Å². The van der Waals surface area contributed by atoms with Crippen LogP contribution in [-0.2, 0) is 16.0 Å². The van der Waals surface area contributed by atoms with Crippen molar-refractivity contribution in [2.24, 2.45) is 0 Å². The van der Waals surface area contributed by atoms with Gasteiger partial charge in [-0.05, 0) is 41.7 Å². The van der Waals surface area contributed by atoms with Crippen LogP contribution in [0.25, 0.3) is 22.6 Å². The number of carbonyl (C=O) groups is 2. The van der Waals surface area contributed by atoms with Gasteiger partial charge in [-0.2, -0.15) is 13.2 Å². The number of pyridine rings is 1. The van der Waals surface area contributed by atoms with Crippen molar-refractivity contribution in [3.63, 3.8) is 0 Å². The predicted molar refractivity (Wildman–Crippen MR) is 114 cm³/mol. The van der Waals surface area contributed by atoms with Crippen molar-refractivity contribution in [3.05, 3.63) is 77.0 Å². The van der Waals surface area contributed by atoms with Gasteiger partial charge in [0.1, 0.15) is 6.54 Å². The lowest BCUT2D eigenvalue weighted by Gasteiger charge is -2.13. The molecule has 164 valence electrons. The molecule has 8 heteroatoms. The molecule has 1 aliphatic rings. The lowest BCUT2D eigenvalue weighted by molar-refractivity contribution is -0.140. The Hall–Kier alpha value is -3.68. The average Bonchev–Trinajstić information content (AvgIpc) is 3.16. The summed E-state index contributed by atoms with van der Waals surface area (Å²) in [7, 11) is 0. The zero-order valence-electron chi connectivity index (χ0n) is 16.9. The first-order valence-corrected chi connectivity index (χ1v) is 10.00. The second kappa shape index (κ2) is 8.82. The zero-order valence-corrected chi connectivity index (χ0v) is 16.9. The molecule has 32 heavy (non-hydrogen) atoms. The highest BCUT2D eigenvalue weighted by atomic mass is 19.4. The quantitative estimate of drug-likeness (QED) is 0.591. The molecule has 0 saturated carbocycles. The normalized spacial score (nSPS) is 14.4. The maximum absolute atomic E-state index is 12.9. The summed E-state index contributed by atoms with van der Waals surface area (Å²) in [5.74, 6) is -1.78. The minimum Gasteiger partial charge on any atom is -0.452 e. The third-order valence-electron chi connectivity index (χ3n) is 5.11. The van der Waals surface area contributed by atoms with Crippen LogP contribution in [0.3, 0.4) is 0 Å². The van der Waals surface area contributed by atoms with E-state index >= 15 is 0 Å². The molecule has 0 unspecified atom stereocenters. The number of aromatic nitrogens is 1. The number of rotatable bonds is 5. The Labute approximate surface area is 181 Å². The number of alkyl halides is 3. The maximum atomic E-state index is 12.9. The Morgan fingerprint density at radius 2 is 1.75 bits per heavy atom. The van der Waals surface area contributed by atoms with Crippen LogP contribution >= 0.6 is 0 Å². The van der Waals surface area contributed by atoms with Crippen LogP contribution in [0.15, 0.2) is 54.6 Å². The van der Waals surface area contributed by atoms with Gasteiger partial charge < -0.3 is 10.1 Å². The molecular formula is C24H19F3N2O3. The van der Waals surface area contributed by atoms with Gasteiger partial charge in [0.05, 0.1) is 16.8 Å². The number of halogens is 3. The topological polar surface area (TPSA) is 68.3 Å². The summed E-state index contributed by atoms with van der Waals surface area (Å²) in [5.41, 5.74) is 4.29. The standard InChI is InChI=1S/C24H19F3N2O3/c25-24(26,27)14-28-20(30)13-32-23(31)21-17-8-4-5-9-19(17)29-22-16(10-11-18(21)22)12-15-6-2-1-3-7-15/h1-9,12H,10-11,13-14H2,(H,28,30). The van der Waals surface area contributed by atoms with Gasteiger partial charge in [0, 0.05) is 5.39 Å². The number of para-hydroxylation sites is 1. The molecule has 0 fully saturated rings. The van der Waals surface area contributed by atoms with E-state index in [0.717, 1.165) is 11.1 Å². The predicted octanol–water partition coefficient (Wildman–Crippen LogP) is 4.56. The number of hydrogen-bond donors (Lipinski definition) is 1. The smallest absolute Gasteiger partial charge is 0.405 e. The highest BCUT2D eigenvalue weighted by Gasteiger charge is 2.29. The van der Waals surface area contributed by atoms with Crippen LogP contribution in [0.2, 0.25) is 0 Å². The third kappa shape index (κ3) is 4.80. The van der Waals surface area contributed by atoms with E-state index in [1.54, 1.807) is 29.6 Å². The van der Waals surface area contributed by atoms with Gasteiger partial charge >= 0.3 is 12.1 Å². The summed E-state index contributed by atoms with van der Waals surface area (Å²) in [6.45, 7) is -2.28. The van der Waals surface area contributed by atoms with E-state index in [1.807, 2.05) is 36.4 Å². The summed E-state index contributed by atoms with van der Waals surface area (Å²) < 4.78 is 41.9. The molecule has 4 rings (SSSR count). The maximum Gasteiger partial charge on any atom is 0.405 e. The molecule has 0 saturated heterocycles. The molecule has 1 N–H and O–H groups in total. The fraction of sp³-hybridized carbons (Fsp3) is 0.208. The van der Waals surface area contributed by atoms with Gasteiger partial charge in [0.25, 0.3) is 5.91 Å². The van der Waals surface area contributed by atoms with Crippen LogP contribution in [0, 0.1) is 0 Å². The number of ether oxygens (including phenoxy) is 1. The molecule has 0 radical (unpaired) electrons. The Bertz CT molecular complexity index is 1200. The van der Waals surface area contributed by atoms with Gasteiger partial charge in [0.15, 0.2) is 6.61 Å². The van der Waals surface area contributed by atoms with Crippen LogP contribution in [0.5, 0.6) is 0 Å². The Morgan fingerprint density at radius 3 is 2.50 bits per heavy atom. The number of nitrogens with zero attached hydrogens (tertiary/aromatic N) is 1. The largest absolute Gasteiger partial charge is 0.452 e. The van der Waals surface area contributed by atoms with Crippen LogP contribution in [-0.4, -0.2) is 36.2 Å². The van der Waals surface area contributed by atoms with Crippen molar-refractivity contribution in [1.29, 1.82) is 0 Å². The van der Waals surface area contributed by atoms with Crippen molar-refractivity contribution in [2.75, 3.05) is 13.2 Å². The van der Waals surface area contributed by atoms with Crippen molar-refractivity contribution in [1.82, 2.24) is 10.3 Å². The van der Waals surface area contributed by atoms with Crippen molar-refractivity contribution < 1.29 is 27.5 Å². The number of hydrogen-bond acceptors (Lipinski definition) is 4. The van der Waals surface area contributed by atoms with Crippen molar-refractivity contribution in [3.8, 4) is 0 Å². The highest BCUT2D eigenvalue weighted by molar-refractivity contribution is 6.07. The first-order chi connectivity index (χ1) is 15.3. The summed E-state index contributed by atoms with van der Waals surface area (Å²) in [4.78, 5) is 29.3. The second-order valence-corrected chi connectivity index (χ2v) is 7.38. The Morgan fingerprint density at radius 1 is 1.03 bits per heavy atom. The molecule has 1 aromatic heterocycles. The van der Waals surface area contributed by atoms with Gasteiger partial charge in [0.2, 0.25) is 0 Å². The van der Waals surface area contributed by atoms with E-state index in [0.29, 0.717) is 40.6 Å². The zero-order chi connectivity index (χ0) is 22.7. The van der Waals surface area contributed by atoms with Crippen molar-refractivity contribution in [2.45, 2.75) is 19.0 Å². The van der Waals surface area contributed by atoms with E-state index in [9.17, 15) is 22.8 Å². The summed E-state index contributed by atoms with van der Waals surface area (Å²) in [6, 6.07) is 16.8. The van der Waals surface area contributed by atoms with E-state index in [-0.39, 0.29) is 0 Å². The number of amides is 1. The summed E-state index contributed by atoms with van der Waals surface area (Å²) in [5, 5.41) is 2.27. The van der Waals surface area contributed by atoms with Crippen LogP contribution in [0.4, 0.5) is 13.2 Å². The number of esters is 1. The van der Waals surface area contributed by atoms with Gasteiger partial charge in [-0.3, -0.25) is 4.79 Å². The Kier molecular flexibility index (Phi) is 5.94. The van der Waals surface area contributed by atoms with E-state index in [2.05, 4.69) is 0 Å². The van der Waals surface area contributed by atoms with Gasteiger partial charge in [-0.1, -0.05) is 48.5 Å². The molecule has 5 nitrogen and oxygen atoms in total. The summed E-state index contributed by atoms with van der Waals surface area (Å²) >= 11 is 0. The number of fused-ring (bicyclic) bond motifs is 2. The monoisotopic (exact) mass is 440 g/mol. The lowest BCUT2D eigenvalue weighted by atomic mass is 10.0. The first-order valence-electron chi connectivity index (χ1n) is 10.00. The minimum atomic E-state index is -4.54. The molecule has 1 amide bonds. The van der Waals surface area contributed by atoms with Crippen molar-refractivity contribution >= 4 is 34.4 Å². The molecular weight excluding hydrogens is 421 g/mol. The molecule has 0 spiro atoms. The minimum absolute atomic E-state index is 0.297. The molecule has 1 aliphatic carbocycles.